The van der Waals surface area contributed by atoms with E-state index in [2.05, 4.69) is 9.72 Å². The van der Waals surface area contributed by atoms with Gasteiger partial charge in [-0.25, -0.2) is 9.37 Å². The van der Waals surface area contributed by atoms with E-state index >= 15 is 0 Å². The van der Waals surface area contributed by atoms with Gasteiger partial charge in [0.15, 0.2) is 11.6 Å². The monoisotopic (exact) mass is 178 g/mol. The average Bonchev–Trinajstić information content (AvgIpc) is 1.96. The van der Waals surface area contributed by atoms with Crippen LogP contribution in [0.15, 0.2) is 12.3 Å². The van der Waals surface area contributed by atoms with Crippen LogP contribution in [-0.4, -0.2) is 11.6 Å². The SMILES string of the molecule is Nc1ncc(F)cc1OC(F)F. The molecule has 0 fully saturated rings. The summed E-state index contributed by atoms with van der Waals surface area (Å²) in [6.45, 7) is -3.03. The molecule has 0 aliphatic heterocycles. The summed E-state index contributed by atoms with van der Waals surface area (Å²) in [4.78, 5) is 3.28. The molecule has 0 saturated carbocycles. The predicted octanol–water partition coefficient (Wildman–Crippen LogP) is 1.40. The van der Waals surface area contributed by atoms with Crippen LogP contribution in [0.2, 0.25) is 0 Å². The zero-order valence-corrected chi connectivity index (χ0v) is 5.80. The van der Waals surface area contributed by atoms with Crippen LogP contribution in [0.3, 0.4) is 0 Å². The van der Waals surface area contributed by atoms with Crippen LogP contribution in [-0.2, 0) is 0 Å². The Hall–Kier alpha value is -1.46. The smallest absolute Gasteiger partial charge is 0.387 e. The lowest BCUT2D eigenvalue weighted by Gasteiger charge is -2.05. The van der Waals surface area contributed by atoms with Crippen LogP contribution in [0.1, 0.15) is 0 Å². The van der Waals surface area contributed by atoms with Gasteiger partial charge in [0.2, 0.25) is 0 Å². The standard InChI is InChI=1S/C6H5F3N2O/c7-3-1-4(12-6(8)9)5(10)11-2-3/h1-2,6H,(H2,10,11). The van der Waals surface area contributed by atoms with Crippen molar-refractivity contribution in [2.24, 2.45) is 0 Å². The Morgan fingerprint density at radius 2 is 2.17 bits per heavy atom. The fraction of sp³-hybridized carbons (Fsp3) is 0.167. The lowest BCUT2D eigenvalue weighted by Crippen LogP contribution is -2.05. The second-order valence-corrected chi connectivity index (χ2v) is 1.92. The summed E-state index contributed by atoms with van der Waals surface area (Å²) >= 11 is 0. The topological polar surface area (TPSA) is 48.1 Å². The number of nitrogens with zero attached hydrogens (tertiary/aromatic N) is 1. The van der Waals surface area contributed by atoms with E-state index in [0.29, 0.717) is 0 Å². The molecule has 2 N–H and O–H groups in total. The molecule has 1 aromatic rings. The highest BCUT2D eigenvalue weighted by Crippen LogP contribution is 2.20. The predicted molar refractivity (Wildman–Crippen MR) is 35.2 cm³/mol. The van der Waals surface area contributed by atoms with E-state index < -0.39 is 18.2 Å². The summed E-state index contributed by atoms with van der Waals surface area (Å²) in [5.74, 6) is -1.50. The number of hydrogen-bond acceptors (Lipinski definition) is 3. The van der Waals surface area contributed by atoms with E-state index in [1.54, 1.807) is 0 Å². The van der Waals surface area contributed by atoms with E-state index in [1.165, 1.54) is 0 Å². The fourth-order valence-corrected chi connectivity index (χ4v) is 0.622. The highest BCUT2D eigenvalue weighted by Gasteiger charge is 2.09. The molecule has 0 atom stereocenters. The lowest BCUT2D eigenvalue weighted by molar-refractivity contribution is -0.0496. The van der Waals surface area contributed by atoms with Gasteiger partial charge in [-0.05, 0) is 0 Å². The van der Waals surface area contributed by atoms with Gasteiger partial charge in [0, 0.05) is 6.07 Å². The van der Waals surface area contributed by atoms with Crippen molar-refractivity contribution in [3.8, 4) is 5.75 Å². The van der Waals surface area contributed by atoms with Gasteiger partial charge in [-0.2, -0.15) is 8.78 Å². The summed E-state index contributed by atoms with van der Waals surface area (Å²) in [5, 5.41) is 0. The van der Waals surface area contributed by atoms with Gasteiger partial charge >= 0.3 is 6.61 Å². The van der Waals surface area contributed by atoms with Gasteiger partial charge in [-0.3, -0.25) is 0 Å². The van der Waals surface area contributed by atoms with Crippen molar-refractivity contribution in [1.29, 1.82) is 0 Å². The number of anilines is 1. The number of ether oxygens (including phenoxy) is 1. The number of hydrogen-bond donors (Lipinski definition) is 1. The van der Waals surface area contributed by atoms with Crippen molar-refractivity contribution >= 4 is 5.82 Å². The van der Waals surface area contributed by atoms with Crippen LogP contribution in [0, 0.1) is 5.82 Å². The van der Waals surface area contributed by atoms with E-state index in [9.17, 15) is 13.2 Å². The Morgan fingerprint density at radius 3 is 2.75 bits per heavy atom. The Bertz CT molecular complexity index is 279. The van der Waals surface area contributed by atoms with Crippen molar-refractivity contribution in [3.63, 3.8) is 0 Å². The lowest BCUT2D eigenvalue weighted by atomic mass is 10.4. The minimum absolute atomic E-state index is 0.267. The highest BCUT2D eigenvalue weighted by atomic mass is 19.3. The summed E-state index contributed by atoms with van der Waals surface area (Å²) in [5.41, 5.74) is 5.10. The number of nitrogen functional groups attached to an aromatic ring is 1. The van der Waals surface area contributed by atoms with Gasteiger partial charge in [-0.15, -0.1) is 0 Å². The number of nitrogens with two attached hydrogens (primary N) is 1. The maximum atomic E-state index is 12.4. The molecule has 0 radical (unpaired) electrons. The van der Waals surface area contributed by atoms with Crippen LogP contribution in [0.4, 0.5) is 19.0 Å². The first-order valence-corrected chi connectivity index (χ1v) is 2.95. The molecule has 0 saturated heterocycles. The first kappa shape index (κ1) is 8.63. The van der Waals surface area contributed by atoms with E-state index in [1.807, 2.05) is 0 Å². The van der Waals surface area contributed by atoms with Gasteiger partial charge < -0.3 is 10.5 Å². The Labute approximate surface area is 66.0 Å². The molecule has 0 aliphatic rings. The molecule has 12 heavy (non-hydrogen) atoms. The quantitative estimate of drug-likeness (QED) is 0.744. The number of aromatic nitrogens is 1. The van der Waals surface area contributed by atoms with Crippen LogP contribution < -0.4 is 10.5 Å². The molecule has 6 heteroatoms. The molecule has 1 heterocycles. The van der Waals surface area contributed by atoms with Gasteiger partial charge in [0.1, 0.15) is 5.82 Å². The Morgan fingerprint density at radius 1 is 1.50 bits per heavy atom. The maximum Gasteiger partial charge on any atom is 0.387 e. The molecule has 1 rings (SSSR count). The Kier molecular flexibility index (Phi) is 2.37. The third kappa shape index (κ3) is 2.01. The largest absolute Gasteiger partial charge is 0.431 e. The van der Waals surface area contributed by atoms with Crippen molar-refractivity contribution in [1.82, 2.24) is 4.98 Å². The number of halogens is 3. The molecule has 0 aliphatic carbocycles. The molecular formula is C6H5F3N2O. The normalized spacial score (nSPS) is 10.3. The minimum Gasteiger partial charge on any atom is -0.431 e. The minimum atomic E-state index is -3.03. The van der Waals surface area contributed by atoms with Gasteiger partial charge in [0.25, 0.3) is 0 Å². The number of pyridine rings is 1. The third-order valence-corrected chi connectivity index (χ3v) is 1.06. The number of rotatable bonds is 2. The molecule has 0 aromatic carbocycles. The zero-order chi connectivity index (χ0) is 9.14. The highest BCUT2D eigenvalue weighted by molar-refractivity contribution is 5.45. The molecule has 3 nitrogen and oxygen atoms in total. The third-order valence-electron chi connectivity index (χ3n) is 1.06. The van der Waals surface area contributed by atoms with Crippen molar-refractivity contribution in [2.75, 3.05) is 5.73 Å². The molecule has 0 unspecified atom stereocenters. The summed E-state index contributed by atoms with van der Waals surface area (Å²) in [7, 11) is 0. The van der Waals surface area contributed by atoms with Crippen LogP contribution in [0.25, 0.3) is 0 Å². The van der Waals surface area contributed by atoms with Crippen LogP contribution in [0.5, 0.6) is 5.75 Å². The fourth-order valence-electron chi connectivity index (χ4n) is 0.622. The van der Waals surface area contributed by atoms with Crippen molar-refractivity contribution < 1.29 is 17.9 Å². The van der Waals surface area contributed by atoms with Gasteiger partial charge in [-0.1, -0.05) is 0 Å². The maximum absolute atomic E-state index is 12.4. The van der Waals surface area contributed by atoms with Crippen LogP contribution >= 0.6 is 0 Å². The molecule has 0 spiro atoms. The van der Waals surface area contributed by atoms with E-state index in [4.69, 9.17) is 5.73 Å². The molecule has 66 valence electrons. The van der Waals surface area contributed by atoms with Crippen molar-refractivity contribution in [2.45, 2.75) is 6.61 Å². The first-order chi connectivity index (χ1) is 5.59. The Balaban J connectivity index is 2.90. The summed E-state index contributed by atoms with van der Waals surface area (Å²) in [6, 6.07) is 0.745. The van der Waals surface area contributed by atoms with Gasteiger partial charge in [0.05, 0.1) is 6.20 Å². The molecule has 0 bridgehead atoms. The second kappa shape index (κ2) is 3.29. The summed E-state index contributed by atoms with van der Waals surface area (Å²) < 4.78 is 39.4. The number of alkyl halides is 2. The second-order valence-electron chi connectivity index (χ2n) is 1.92. The first-order valence-electron chi connectivity index (χ1n) is 2.95. The molecular weight excluding hydrogens is 173 g/mol. The molecule has 0 amide bonds. The molecule has 1 aromatic heterocycles. The zero-order valence-electron chi connectivity index (χ0n) is 5.80. The summed E-state index contributed by atoms with van der Waals surface area (Å²) in [6.07, 6.45) is 0.813. The van der Waals surface area contributed by atoms with E-state index in [-0.39, 0.29) is 5.82 Å². The van der Waals surface area contributed by atoms with Crippen molar-refractivity contribution in [3.05, 3.63) is 18.1 Å². The van der Waals surface area contributed by atoms with E-state index in [0.717, 1.165) is 12.3 Å². The average molecular weight is 178 g/mol.